The number of anilines is 2. The van der Waals surface area contributed by atoms with Crippen molar-refractivity contribution < 1.29 is 24.2 Å². The summed E-state index contributed by atoms with van der Waals surface area (Å²) in [6, 6.07) is 17.8. The second-order valence-electron chi connectivity index (χ2n) is 12.1. The number of aliphatic hydroxyl groups excluding tert-OH is 1. The Hall–Kier alpha value is -4.31. The number of nitrogens with one attached hydrogen (secondary N) is 3. The summed E-state index contributed by atoms with van der Waals surface area (Å²) >= 11 is 0. The van der Waals surface area contributed by atoms with Crippen molar-refractivity contribution in [2.24, 2.45) is 5.92 Å². The second kappa shape index (κ2) is 14.0. The molecule has 1 aliphatic carbocycles. The molecule has 5 amide bonds. The molecule has 1 saturated carbocycles. The number of rotatable bonds is 7. The third kappa shape index (κ3) is 7.07. The van der Waals surface area contributed by atoms with Gasteiger partial charge in [0, 0.05) is 30.9 Å². The largest absolute Gasteiger partial charge is 0.485 e. The van der Waals surface area contributed by atoms with Crippen molar-refractivity contribution in [3.8, 4) is 5.75 Å². The summed E-state index contributed by atoms with van der Waals surface area (Å²) in [7, 11) is 1.71. The molecule has 234 valence electrons. The van der Waals surface area contributed by atoms with E-state index in [0.29, 0.717) is 23.5 Å². The predicted octanol–water partition coefficient (Wildman–Crippen LogP) is 5.68. The van der Waals surface area contributed by atoms with Crippen molar-refractivity contribution in [2.75, 3.05) is 37.4 Å². The molecule has 5 rings (SSSR count). The number of carbonyl (C=O) groups is 3. The fraction of sp³-hybridized carbons (Fsp3) is 0.441. The van der Waals surface area contributed by atoms with E-state index in [1.807, 2.05) is 49.4 Å². The Kier molecular flexibility index (Phi) is 9.89. The molecule has 1 heterocycles. The normalized spacial score (nSPS) is 19.6. The van der Waals surface area contributed by atoms with E-state index < -0.39 is 12.1 Å². The Morgan fingerprint density at radius 1 is 1.00 bits per heavy atom. The van der Waals surface area contributed by atoms with Crippen LogP contribution < -0.4 is 20.7 Å². The van der Waals surface area contributed by atoms with Crippen LogP contribution >= 0.6 is 0 Å². The monoisotopic (exact) mass is 601 g/mol. The van der Waals surface area contributed by atoms with Crippen molar-refractivity contribution >= 4 is 40.1 Å². The maximum absolute atomic E-state index is 13.8. The van der Waals surface area contributed by atoms with Crippen LogP contribution in [0.15, 0.2) is 60.7 Å². The molecular weight excluding hydrogens is 558 g/mol. The Morgan fingerprint density at radius 3 is 2.48 bits per heavy atom. The minimum Gasteiger partial charge on any atom is -0.485 e. The maximum atomic E-state index is 13.8. The zero-order valence-corrected chi connectivity index (χ0v) is 25.7. The van der Waals surface area contributed by atoms with Crippen LogP contribution in [0.4, 0.5) is 21.0 Å². The molecule has 10 nitrogen and oxygen atoms in total. The molecule has 0 spiro atoms. The van der Waals surface area contributed by atoms with Crippen molar-refractivity contribution in [1.82, 2.24) is 15.1 Å². The molecule has 2 aliphatic rings. The average molecular weight is 602 g/mol. The number of para-hydroxylation sites is 1. The zero-order chi connectivity index (χ0) is 31.2. The fourth-order valence-electron chi connectivity index (χ4n) is 6.05. The summed E-state index contributed by atoms with van der Waals surface area (Å²) in [5, 5.41) is 20.9. The highest BCUT2D eigenvalue weighted by Gasteiger charge is 2.35. The molecule has 1 fully saturated rings. The number of benzene rings is 3. The molecule has 0 bridgehead atoms. The summed E-state index contributed by atoms with van der Waals surface area (Å²) < 4.78 is 6.57. The Bertz CT molecular complexity index is 1480. The number of fused-ring (bicyclic) bond motifs is 2. The van der Waals surface area contributed by atoms with Crippen LogP contribution in [0.5, 0.6) is 5.75 Å². The molecule has 10 heteroatoms. The van der Waals surface area contributed by atoms with E-state index in [9.17, 15) is 19.5 Å². The van der Waals surface area contributed by atoms with Gasteiger partial charge in [0.2, 0.25) is 0 Å². The molecular formula is C34H43N5O5. The number of ether oxygens (including phenoxy) is 1. The Balaban J connectivity index is 1.39. The lowest BCUT2D eigenvalue weighted by Crippen LogP contribution is -2.50. The van der Waals surface area contributed by atoms with Crippen LogP contribution in [-0.2, 0) is 0 Å². The van der Waals surface area contributed by atoms with E-state index in [-0.39, 0.29) is 48.8 Å². The first-order valence-electron chi connectivity index (χ1n) is 15.5. The van der Waals surface area contributed by atoms with E-state index in [2.05, 4.69) is 16.0 Å². The summed E-state index contributed by atoms with van der Waals surface area (Å²) in [5.41, 5.74) is 1.38. The van der Waals surface area contributed by atoms with Gasteiger partial charge in [0.25, 0.3) is 5.91 Å². The number of hydrogen-bond acceptors (Lipinski definition) is 5. The average Bonchev–Trinajstić information content (AvgIpc) is 3.03. The minimum atomic E-state index is -0.525. The lowest BCUT2D eigenvalue weighted by Gasteiger charge is -2.38. The Morgan fingerprint density at radius 2 is 1.70 bits per heavy atom. The van der Waals surface area contributed by atoms with Gasteiger partial charge in [-0.15, -0.1) is 0 Å². The highest BCUT2D eigenvalue weighted by molar-refractivity contribution is 6.02. The van der Waals surface area contributed by atoms with Gasteiger partial charge in [-0.25, -0.2) is 9.59 Å². The quantitative estimate of drug-likeness (QED) is 0.278. The molecule has 4 N–H and O–H groups in total. The van der Waals surface area contributed by atoms with Gasteiger partial charge in [0.15, 0.2) is 5.75 Å². The number of aliphatic hydroxyl groups is 1. The van der Waals surface area contributed by atoms with Gasteiger partial charge in [0.05, 0.1) is 36.1 Å². The van der Waals surface area contributed by atoms with Crippen molar-refractivity contribution in [1.29, 1.82) is 0 Å². The van der Waals surface area contributed by atoms with E-state index in [4.69, 9.17) is 4.74 Å². The number of nitrogens with zero attached hydrogens (tertiary/aromatic N) is 2. The Labute approximate surface area is 258 Å². The van der Waals surface area contributed by atoms with E-state index >= 15 is 0 Å². The van der Waals surface area contributed by atoms with Crippen molar-refractivity contribution in [3.05, 3.63) is 66.2 Å². The first kappa shape index (κ1) is 31.1. The highest BCUT2D eigenvalue weighted by Crippen LogP contribution is 2.35. The zero-order valence-electron chi connectivity index (χ0n) is 25.7. The van der Waals surface area contributed by atoms with Gasteiger partial charge >= 0.3 is 12.1 Å². The molecule has 3 aromatic carbocycles. The van der Waals surface area contributed by atoms with Crippen molar-refractivity contribution in [2.45, 2.75) is 64.1 Å². The van der Waals surface area contributed by atoms with E-state index in [0.717, 1.165) is 36.5 Å². The molecule has 0 saturated heterocycles. The van der Waals surface area contributed by atoms with Crippen LogP contribution in [0, 0.1) is 5.92 Å². The summed E-state index contributed by atoms with van der Waals surface area (Å²) in [6.07, 6.45) is 4.71. The minimum absolute atomic E-state index is 0.111. The van der Waals surface area contributed by atoms with Gasteiger partial charge in [-0.3, -0.25) is 4.79 Å². The number of urea groups is 2. The molecule has 0 radical (unpaired) electrons. The topological polar surface area (TPSA) is 123 Å². The second-order valence-corrected chi connectivity index (χ2v) is 12.1. The van der Waals surface area contributed by atoms with Gasteiger partial charge in [-0.2, -0.15) is 0 Å². The fourth-order valence-corrected chi connectivity index (χ4v) is 6.05. The smallest absolute Gasteiger partial charge is 0.321 e. The van der Waals surface area contributed by atoms with Crippen molar-refractivity contribution in [3.63, 3.8) is 0 Å². The summed E-state index contributed by atoms with van der Waals surface area (Å²) in [5.74, 6) is -0.242. The van der Waals surface area contributed by atoms with Gasteiger partial charge < -0.3 is 35.6 Å². The van der Waals surface area contributed by atoms with E-state index in [1.165, 1.54) is 6.42 Å². The summed E-state index contributed by atoms with van der Waals surface area (Å²) in [4.78, 5) is 43.4. The van der Waals surface area contributed by atoms with Crippen LogP contribution in [0.3, 0.4) is 0 Å². The number of amides is 5. The molecule has 0 unspecified atom stereocenters. The molecule has 0 aromatic heterocycles. The third-order valence-corrected chi connectivity index (χ3v) is 8.71. The standard InChI is InChI=1S/C34H43N5O5/c1-22-19-39(23(2)21-40)32(41)27-16-10-18-29(36-33(42)35-25-13-5-4-6-14-25)31(27)44-30(22)20-38(3)34(43)37-28-17-9-12-24-11-7-8-15-26(24)28/h7-12,15-18,22-23,25,30,40H,4-6,13-14,19-21H2,1-3H3,(H,37,43)(H2,35,36,42)/t22-,23-,30-/m0/s1. The lowest BCUT2D eigenvalue weighted by atomic mass is 9.96. The van der Waals surface area contributed by atoms with Crippen LogP contribution in [0.2, 0.25) is 0 Å². The molecule has 1 aliphatic heterocycles. The number of likely N-dealkylation sites (N-methyl/N-ethyl adjacent to an activating group) is 1. The first-order chi connectivity index (χ1) is 21.2. The maximum Gasteiger partial charge on any atom is 0.321 e. The number of carbonyl (C=O) groups excluding carboxylic acids is 3. The highest BCUT2D eigenvalue weighted by atomic mass is 16.5. The van der Waals surface area contributed by atoms with Gasteiger partial charge in [-0.05, 0) is 43.4 Å². The van der Waals surface area contributed by atoms with Gasteiger partial charge in [0.1, 0.15) is 6.10 Å². The SMILES string of the molecule is C[C@H]1CN([C@@H](C)CO)C(=O)c2cccc(NC(=O)NC3CCCCC3)c2O[C@H]1CN(C)C(=O)Nc1cccc2ccccc12. The van der Waals surface area contributed by atoms with E-state index in [1.54, 1.807) is 42.0 Å². The third-order valence-electron chi connectivity index (χ3n) is 8.71. The van der Waals surface area contributed by atoms with Gasteiger partial charge in [-0.1, -0.05) is 68.7 Å². The first-order valence-corrected chi connectivity index (χ1v) is 15.5. The van der Waals surface area contributed by atoms with Crippen LogP contribution in [-0.4, -0.2) is 77.8 Å². The predicted molar refractivity (Wildman–Crippen MR) is 172 cm³/mol. The summed E-state index contributed by atoms with van der Waals surface area (Å²) in [6.45, 7) is 4.10. The van der Waals surface area contributed by atoms with Crippen LogP contribution in [0.1, 0.15) is 56.3 Å². The van der Waals surface area contributed by atoms with Crippen LogP contribution in [0.25, 0.3) is 10.8 Å². The number of hydrogen-bond donors (Lipinski definition) is 4. The molecule has 44 heavy (non-hydrogen) atoms. The molecule has 3 atom stereocenters. The lowest BCUT2D eigenvalue weighted by molar-refractivity contribution is 0.0373. The molecule has 3 aromatic rings.